The van der Waals surface area contributed by atoms with E-state index in [9.17, 15) is 9.59 Å². The fraction of sp³-hybridized carbons (Fsp3) is 0.455. The summed E-state index contributed by atoms with van der Waals surface area (Å²) in [5.74, 6) is -0.425. The Hall–Kier alpha value is -1.46. The molecule has 5 nitrogen and oxygen atoms in total. The standard InChI is InChI=1S/C11H13NO4/c1-7-5-12(10(15)4-9(7)14)11-3-2-8(6-13)16-11/h2-3,5,8,11,13H,4,6H2,1H3/t8-,11+/m0/s1. The summed E-state index contributed by atoms with van der Waals surface area (Å²) in [5, 5.41) is 8.89. The van der Waals surface area contributed by atoms with E-state index < -0.39 is 6.23 Å². The van der Waals surface area contributed by atoms with Gasteiger partial charge in [0.2, 0.25) is 5.91 Å². The third kappa shape index (κ3) is 1.91. The number of rotatable bonds is 2. The highest BCUT2D eigenvalue weighted by molar-refractivity contribution is 6.09. The number of carbonyl (C=O) groups excluding carboxylic acids is 2. The smallest absolute Gasteiger partial charge is 0.236 e. The Bertz CT molecular complexity index is 385. The number of aliphatic hydroxyl groups is 1. The van der Waals surface area contributed by atoms with Crippen LogP contribution in [0.5, 0.6) is 0 Å². The quantitative estimate of drug-likeness (QED) is 0.527. The highest BCUT2D eigenvalue weighted by Crippen LogP contribution is 2.21. The molecule has 0 fully saturated rings. The van der Waals surface area contributed by atoms with E-state index in [4.69, 9.17) is 9.84 Å². The lowest BCUT2D eigenvalue weighted by molar-refractivity contribution is -0.142. The minimum absolute atomic E-state index is 0.111. The molecule has 1 N–H and O–H groups in total. The van der Waals surface area contributed by atoms with Crippen LogP contribution in [-0.2, 0) is 14.3 Å². The Balaban J connectivity index is 2.14. The van der Waals surface area contributed by atoms with Crippen molar-refractivity contribution in [2.24, 2.45) is 0 Å². The second-order valence-electron chi connectivity index (χ2n) is 3.85. The number of hydrogen-bond donors (Lipinski definition) is 1. The van der Waals surface area contributed by atoms with Crippen LogP contribution in [0.3, 0.4) is 0 Å². The molecule has 2 heterocycles. The molecule has 0 aromatic carbocycles. The summed E-state index contributed by atoms with van der Waals surface area (Å²) in [7, 11) is 0. The summed E-state index contributed by atoms with van der Waals surface area (Å²) >= 11 is 0. The van der Waals surface area contributed by atoms with Gasteiger partial charge in [0.25, 0.3) is 0 Å². The molecular weight excluding hydrogens is 210 g/mol. The van der Waals surface area contributed by atoms with Gasteiger partial charge < -0.3 is 9.84 Å². The Morgan fingerprint density at radius 3 is 2.88 bits per heavy atom. The van der Waals surface area contributed by atoms with Crippen LogP contribution < -0.4 is 0 Å². The molecule has 5 heteroatoms. The predicted molar refractivity (Wildman–Crippen MR) is 55.1 cm³/mol. The van der Waals surface area contributed by atoms with Crippen molar-refractivity contribution in [3.63, 3.8) is 0 Å². The molecule has 0 spiro atoms. The first-order chi connectivity index (χ1) is 7.61. The van der Waals surface area contributed by atoms with Gasteiger partial charge in [-0.05, 0) is 13.0 Å². The van der Waals surface area contributed by atoms with Crippen LogP contribution in [0.15, 0.2) is 23.9 Å². The number of ketones is 1. The molecule has 2 rings (SSSR count). The summed E-state index contributed by atoms with van der Waals surface area (Å²) < 4.78 is 5.39. The zero-order valence-electron chi connectivity index (χ0n) is 8.92. The minimum Gasteiger partial charge on any atom is -0.393 e. The van der Waals surface area contributed by atoms with E-state index in [1.54, 1.807) is 19.1 Å². The first-order valence-electron chi connectivity index (χ1n) is 5.09. The topological polar surface area (TPSA) is 66.8 Å². The van der Waals surface area contributed by atoms with E-state index >= 15 is 0 Å². The van der Waals surface area contributed by atoms with Crippen molar-refractivity contribution in [3.8, 4) is 0 Å². The van der Waals surface area contributed by atoms with Crippen molar-refractivity contribution in [3.05, 3.63) is 23.9 Å². The van der Waals surface area contributed by atoms with E-state index in [1.807, 2.05) is 0 Å². The Morgan fingerprint density at radius 2 is 2.25 bits per heavy atom. The molecule has 0 aliphatic carbocycles. The maximum absolute atomic E-state index is 11.6. The first-order valence-corrected chi connectivity index (χ1v) is 5.09. The lowest BCUT2D eigenvalue weighted by Gasteiger charge is -2.28. The lowest BCUT2D eigenvalue weighted by atomic mass is 10.1. The van der Waals surface area contributed by atoms with E-state index in [0.29, 0.717) is 5.57 Å². The average Bonchev–Trinajstić information content (AvgIpc) is 2.71. The maximum Gasteiger partial charge on any atom is 0.236 e. The monoisotopic (exact) mass is 223 g/mol. The molecule has 0 radical (unpaired) electrons. The van der Waals surface area contributed by atoms with E-state index in [2.05, 4.69) is 0 Å². The van der Waals surface area contributed by atoms with Crippen molar-refractivity contribution < 1.29 is 19.4 Å². The number of amides is 1. The molecule has 0 aromatic rings. The molecule has 16 heavy (non-hydrogen) atoms. The lowest BCUT2D eigenvalue weighted by Crippen LogP contribution is -2.40. The predicted octanol–water partition coefficient (Wildman–Crippen LogP) is -0.0350. The summed E-state index contributed by atoms with van der Waals surface area (Å²) in [5.41, 5.74) is 0.545. The number of ether oxygens (including phenoxy) is 1. The van der Waals surface area contributed by atoms with Crippen molar-refractivity contribution in [2.45, 2.75) is 25.7 Å². The fourth-order valence-corrected chi connectivity index (χ4v) is 1.69. The van der Waals surface area contributed by atoms with Crippen molar-refractivity contribution in [2.75, 3.05) is 6.61 Å². The number of carbonyl (C=O) groups is 2. The third-order valence-electron chi connectivity index (χ3n) is 2.63. The van der Waals surface area contributed by atoms with Crippen molar-refractivity contribution >= 4 is 11.7 Å². The van der Waals surface area contributed by atoms with Crippen molar-refractivity contribution in [1.29, 1.82) is 0 Å². The second-order valence-corrected chi connectivity index (χ2v) is 3.85. The first kappa shape index (κ1) is 11.0. The van der Waals surface area contributed by atoms with Crippen LogP contribution >= 0.6 is 0 Å². The molecule has 0 unspecified atom stereocenters. The molecule has 0 saturated heterocycles. The largest absolute Gasteiger partial charge is 0.393 e. The van der Waals surface area contributed by atoms with Gasteiger partial charge in [-0.25, -0.2) is 0 Å². The molecule has 2 aliphatic heterocycles. The molecular formula is C11H13NO4. The Labute approximate surface area is 93.0 Å². The molecule has 0 aromatic heterocycles. The Morgan fingerprint density at radius 1 is 1.50 bits per heavy atom. The minimum atomic E-state index is -0.507. The number of allylic oxidation sites excluding steroid dienone is 1. The number of hydrogen-bond acceptors (Lipinski definition) is 4. The fourth-order valence-electron chi connectivity index (χ4n) is 1.69. The summed E-state index contributed by atoms with van der Waals surface area (Å²) in [6.45, 7) is 1.56. The zero-order chi connectivity index (χ0) is 11.7. The maximum atomic E-state index is 11.6. The normalized spacial score (nSPS) is 29.9. The van der Waals surface area contributed by atoms with Gasteiger partial charge in [0.05, 0.1) is 13.0 Å². The highest BCUT2D eigenvalue weighted by atomic mass is 16.5. The molecule has 1 amide bonds. The van der Waals surface area contributed by atoms with Gasteiger partial charge in [-0.2, -0.15) is 0 Å². The summed E-state index contributed by atoms with van der Waals surface area (Å²) in [4.78, 5) is 24.3. The van der Waals surface area contributed by atoms with Gasteiger partial charge in [-0.15, -0.1) is 0 Å². The van der Waals surface area contributed by atoms with Gasteiger partial charge in [-0.1, -0.05) is 6.08 Å². The van der Waals surface area contributed by atoms with Gasteiger partial charge in [0, 0.05) is 11.8 Å². The van der Waals surface area contributed by atoms with E-state index in [-0.39, 0.29) is 30.8 Å². The second kappa shape index (κ2) is 4.19. The number of Topliss-reactive ketones (excluding diaryl/α,β-unsaturated/α-hetero) is 1. The SMILES string of the molecule is CC1=CN([C@H]2C=C[C@@H](CO)O2)C(=O)CC1=O. The van der Waals surface area contributed by atoms with Crippen LogP contribution in [0.25, 0.3) is 0 Å². The average molecular weight is 223 g/mol. The zero-order valence-corrected chi connectivity index (χ0v) is 8.92. The van der Waals surface area contributed by atoms with Gasteiger partial charge in [0.15, 0.2) is 12.0 Å². The van der Waals surface area contributed by atoms with Gasteiger partial charge in [-0.3, -0.25) is 14.5 Å². The van der Waals surface area contributed by atoms with Gasteiger partial charge in [0.1, 0.15) is 6.10 Å². The highest BCUT2D eigenvalue weighted by Gasteiger charge is 2.31. The van der Waals surface area contributed by atoms with Gasteiger partial charge >= 0.3 is 0 Å². The van der Waals surface area contributed by atoms with E-state index in [0.717, 1.165) is 0 Å². The number of aliphatic hydroxyl groups excluding tert-OH is 1. The van der Waals surface area contributed by atoms with Crippen LogP contribution in [0.4, 0.5) is 0 Å². The van der Waals surface area contributed by atoms with Crippen LogP contribution in [0, 0.1) is 0 Å². The van der Waals surface area contributed by atoms with Crippen LogP contribution in [0.2, 0.25) is 0 Å². The third-order valence-corrected chi connectivity index (χ3v) is 2.63. The molecule has 86 valence electrons. The molecule has 0 saturated carbocycles. The van der Waals surface area contributed by atoms with Crippen LogP contribution in [0.1, 0.15) is 13.3 Å². The molecule has 0 bridgehead atoms. The summed E-state index contributed by atoms with van der Waals surface area (Å²) in [6, 6.07) is 0. The molecule has 2 atom stereocenters. The van der Waals surface area contributed by atoms with Crippen molar-refractivity contribution in [1.82, 2.24) is 4.90 Å². The van der Waals surface area contributed by atoms with E-state index in [1.165, 1.54) is 11.1 Å². The molecule has 2 aliphatic rings. The Kier molecular flexibility index (Phi) is 2.89. The number of nitrogens with zero attached hydrogens (tertiary/aromatic N) is 1. The summed E-state index contributed by atoms with van der Waals surface area (Å²) in [6.07, 6.45) is 3.93. The van der Waals surface area contributed by atoms with Crippen LogP contribution in [-0.4, -0.2) is 40.6 Å².